The molecule has 3 rings (SSSR count). The fourth-order valence-corrected chi connectivity index (χ4v) is 5.74. The molecule has 0 bridgehead atoms. The van der Waals surface area contributed by atoms with Crippen molar-refractivity contribution >= 4 is 5.91 Å². The number of nitrogens with zero attached hydrogens (tertiary/aromatic N) is 1. The topological polar surface area (TPSA) is 41.6 Å². The summed E-state index contributed by atoms with van der Waals surface area (Å²) in [4.78, 5) is 15.9. The third-order valence-electron chi connectivity index (χ3n) is 7.79. The first-order valence-electron chi connectivity index (χ1n) is 12.7. The number of amides is 1. The molecule has 1 aromatic rings. The van der Waals surface area contributed by atoms with E-state index in [0.717, 1.165) is 32.2 Å². The Labute approximate surface area is 208 Å². The molecule has 2 fully saturated rings. The quantitative estimate of drug-likeness (QED) is 0.401. The molecule has 204 valence electrons. The SMILES string of the molecule is CCCN(C1CCOCC1)C1CC[C@@](C(=O)NCc2cc(C(F)(F)F)cc(C(F)(F)F)c2)(C(C)C)C1. The van der Waals surface area contributed by atoms with Gasteiger partial charge < -0.3 is 10.1 Å². The van der Waals surface area contributed by atoms with Crippen molar-refractivity contribution in [2.75, 3.05) is 19.8 Å². The fraction of sp³-hybridized carbons (Fsp3) is 0.731. The highest BCUT2D eigenvalue weighted by molar-refractivity contribution is 5.83. The van der Waals surface area contributed by atoms with Gasteiger partial charge in [0.15, 0.2) is 0 Å². The Bertz CT molecular complexity index is 863. The summed E-state index contributed by atoms with van der Waals surface area (Å²) in [6.45, 7) is 7.96. The van der Waals surface area contributed by atoms with Gasteiger partial charge in [-0.05, 0) is 74.8 Å². The number of rotatable bonds is 8. The van der Waals surface area contributed by atoms with Crippen LogP contribution in [0.3, 0.4) is 0 Å². The maximum Gasteiger partial charge on any atom is 0.416 e. The van der Waals surface area contributed by atoms with Gasteiger partial charge in [0, 0.05) is 31.8 Å². The van der Waals surface area contributed by atoms with Crippen LogP contribution in [0.1, 0.15) is 76.0 Å². The van der Waals surface area contributed by atoms with E-state index in [2.05, 4.69) is 17.1 Å². The highest BCUT2D eigenvalue weighted by Crippen LogP contribution is 2.47. The zero-order valence-corrected chi connectivity index (χ0v) is 21.1. The highest BCUT2D eigenvalue weighted by Gasteiger charge is 2.49. The van der Waals surface area contributed by atoms with Crippen LogP contribution in [0, 0.1) is 11.3 Å². The van der Waals surface area contributed by atoms with Gasteiger partial charge in [0.25, 0.3) is 0 Å². The molecule has 36 heavy (non-hydrogen) atoms. The van der Waals surface area contributed by atoms with Gasteiger partial charge in [0.1, 0.15) is 0 Å². The van der Waals surface area contributed by atoms with Gasteiger partial charge in [-0.25, -0.2) is 0 Å². The molecular formula is C26H36F6N2O2. The van der Waals surface area contributed by atoms with E-state index < -0.39 is 35.4 Å². The van der Waals surface area contributed by atoms with Crippen LogP contribution >= 0.6 is 0 Å². The van der Waals surface area contributed by atoms with E-state index in [9.17, 15) is 31.1 Å². The predicted molar refractivity (Wildman–Crippen MR) is 124 cm³/mol. The molecule has 1 saturated carbocycles. The molecule has 2 atom stereocenters. The third-order valence-corrected chi connectivity index (χ3v) is 7.79. The number of hydrogen-bond acceptors (Lipinski definition) is 3. The van der Waals surface area contributed by atoms with Crippen molar-refractivity contribution in [1.82, 2.24) is 10.2 Å². The summed E-state index contributed by atoms with van der Waals surface area (Å²) in [5.41, 5.74) is -3.72. The van der Waals surface area contributed by atoms with Gasteiger partial charge >= 0.3 is 12.4 Å². The number of halogens is 6. The van der Waals surface area contributed by atoms with Gasteiger partial charge in [0.2, 0.25) is 5.91 Å². The number of carbonyl (C=O) groups is 1. The zero-order chi connectivity index (χ0) is 26.7. The zero-order valence-electron chi connectivity index (χ0n) is 21.1. The Kier molecular flexibility index (Phi) is 9.02. The molecule has 0 aromatic heterocycles. The lowest BCUT2D eigenvalue weighted by Crippen LogP contribution is -2.48. The minimum Gasteiger partial charge on any atom is -0.381 e. The third kappa shape index (κ3) is 6.54. The molecule has 1 amide bonds. The summed E-state index contributed by atoms with van der Waals surface area (Å²) >= 11 is 0. The molecule has 1 aliphatic carbocycles. The Morgan fingerprint density at radius 2 is 1.61 bits per heavy atom. The lowest BCUT2D eigenvalue weighted by molar-refractivity contribution is -0.143. The van der Waals surface area contributed by atoms with Crippen LogP contribution in [-0.4, -0.2) is 42.6 Å². The van der Waals surface area contributed by atoms with Crippen molar-refractivity contribution in [1.29, 1.82) is 0 Å². The first kappa shape index (κ1) is 28.8. The van der Waals surface area contributed by atoms with Crippen LogP contribution in [0.5, 0.6) is 0 Å². The van der Waals surface area contributed by atoms with Crippen molar-refractivity contribution in [2.45, 2.75) is 90.3 Å². The largest absolute Gasteiger partial charge is 0.416 e. The molecular weight excluding hydrogens is 486 g/mol. The minimum atomic E-state index is -4.93. The van der Waals surface area contributed by atoms with Crippen LogP contribution in [0.25, 0.3) is 0 Å². The number of carbonyl (C=O) groups excluding carboxylic acids is 1. The van der Waals surface area contributed by atoms with Gasteiger partial charge in [-0.3, -0.25) is 9.69 Å². The Hall–Kier alpha value is -1.81. The first-order valence-corrected chi connectivity index (χ1v) is 12.7. The Morgan fingerprint density at radius 1 is 1.03 bits per heavy atom. The van der Waals surface area contributed by atoms with Crippen molar-refractivity contribution < 1.29 is 35.9 Å². The highest BCUT2D eigenvalue weighted by atomic mass is 19.4. The number of ether oxygens (including phenoxy) is 1. The average molecular weight is 523 g/mol. The smallest absolute Gasteiger partial charge is 0.381 e. The van der Waals surface area contributed by atoms with Crippen LogP contribution in [0.2, 0.25) is 0 Å². The molecule has 1 heterocycles. The van der Waals surface area contributed by atoms with Crippen LogP contribution in [0.15, 0.2) is 18.2 Å². The van der Waals surface area contributed by atoms with Crippen molar-refractivity contribution in [3.05, 3.63) is 34.9 Å². The molecule has 1 saturated heterocycles. The van der Waals surface area contributed by atoms with E-state index in [1.807, 2.05) is 13.8 Å². The molecule has 1 aromatic carbocycles. The summed E-state index contributed by atoms with van der Waals surface area (Å²) in [7, 11) is 0. The fourth-order valence-electron chi connectivity index (χ4n) is 5.74. The lowest BCUT2D eigenvalue weighted by atomic mass is 9.74. The summed E-state index contributed by atoms with van der Waals surface area (Å²) in [5, 5.41) is 2.68. The summed E-state index contributed by atoms with van der Waals surface area (Å²) in [6.07, 6.45) is -4.93. The van der Waals surface area contributed by atoms with E-state index in [1.54, 1.807) is 0 Å². The summed E-state index contributed by atoms with van der Waals surface area (Å²) < 4.78 is 84.8. The van der Waals surface area contributed by atoms with Crippen molar-refractivity contribution in [3.63, 3.8) is 0 Å². The maximum absolute atomic E-state index is 13.5. The van der Waals surface area contributed by atoms with E-state index in [-0.39, 0.29) is 29.5 Å². The average Bonchev–Trinajstić information content (AvgIpc) is 3.27. The van der Waals surface area contributed by atoms with Crippen molar-refractivity contribution in [3.8, 4) is 0 Å². The summed E-state index contributed by atoms with van der Waals surface area (Å²) in [6, 6.07) is 2.03. The van der Waals surface area contributed by atoms with Crippen LogP contribution in [0.4, 0.5) is 26.3 Å². The van der Waals surface area contributed by atoms with E-state index in [1.165, 1.54) is 0 Å². The second-order valence-corrected chi connectivity index (χ2v) is 10.4. The first-order chi connectivity index (χ1) is 16.8. The summed E-state index contributed by atoms with van der Waals surface area (Å²) in [5.74, 6) is -0.345. The molecule has 10 heteroatoms. The molecule has 0 radical (unpaired) electrons. The minimum absolute atomic E-state index is 0.0343. The van der Waals surface area contributed by atoms with Crippen LogP contribution in [-0.2, 0) is 28.4 Å². The maximum atomic E-state index is 13.5. The second kappa shape index (κ2) is 11.3. The van der Waals surface area contributed by atoms with E-state index >= 15 is 0 Å². The molecule has 4 nitrogen and oxygen atoms in total. The normalized spacial score (nSPS) is 24.0. The standard InChI is InChI=1S/C26H36F6N2O2/c1-4-9-34(21-6-10-36-11-7-21)22-5-8-24(15-22,17(2)3)23(35)33-16-18-12-19(25(27,28)29)14-20(13-18)26(30,31)32/h12-14,17,21-22H,4-11,15-16H2,1-3H3,(H,33,35)/t22?,24-/m0/s1. The second-order valence-electron chi connectivity index (χ2n) is 10.4. The Balaban J connectivity index is 1.77. The molecule has 0 spiro atoms. The molecule has 1 aliphatic heterocycles. The number of nitrogens with one attached hydrogen (secondary N) is 1. The number of benzene rings is 1. The predicted octanol–water partition coefficient (Wildman–Crippen LogP) is 6.43. The van der Waals surface area contributed by atoms with E-state index in [0.29, 0.717) is 44.2 Å². The monoisotopic (exact) mass is 522 g/mol. The molecule has 1 N–H and O–H groups in total. The van der Waals surface area contributed by atoms with Gasteiger partial charge in [0.05, 0.1) is 16.5 Å². The molecule has 2 aliphatic rings. The lowest BCUT2D eigenvalue weighted by Gasteiger charge is -2.40. The van der Waals surface area contributed by atoms with Gasteiger partial charge in [-0.2, -0.15) is 26.3 Å². The van der Waals surface area contributed by atoms with E-state index in [4.69, 9.17) is 4.74 Å². The van der Waals surface area contributed by atoms with Crippen LogP contribution < -0.4 is 5.32 Å². The van der Waals surface area contributed by atoms with Gasteiger partial charge in [-0.15, -0.1) is 0 Å². The van der Waals surface area contributed by atoms with Crippen molar-refractivity contribution in [2.24, 2.45) is 11.3 Å². The Morgan fingerprint density at radius 3 is 2.11 bits per heavy atom. The number of alkyl halides is 6. The molecule has 1 unspecified atom stereocenters. The van der Waals surface area contributed by atoms with Gasteiger partial charge in [-0.1, -0.05) is 20.8 Å². The number of hydrogen-bond donors (Lipinski definition) is 1.